The summed E-state index contributed by atoms with van der Waals surface area (Å²) in [6, 6.07) is 5.74. The van der Waals surface area contributed by atoms with Gasteiger partial charge in [-0.1, -0.05) is 6.07 Å². The Morgan fingerprint density at radius 2 is 2.25 bits per heavy atom. The number of hydrogen-bond acceptors (Lipinski definition) is 2. The maximum atomic E-state index is 5.67. The van der Waals surface area contributed by atoms with Gasteiger partial charge in [-0.25, -0.2) is 9.50 Å². The van der Waals surface area contributed by atoms with Crippen molar-refractivity contribution < 1.29 is 0 Å². The summed E-state index contributed by atoms with van der Waals surface area (Å²) < 4.78 is 1.73. The van der Waals surface area contributed by atoms with E-state index < -0.39 is 0 Å². The Balaban J connectivity index is 0.000000720. The van der Waals surface area contributed by atoms with Crippen molar-refractivity contribution in [3.63, 3.8) is 0 Å². The highest BCUT2D eigenvalue weighted by Gasteiger charge is 1.98. The summed E-state index contributed by atoms with van der Waals surface area (Å²) >= 11 is 5.67. The van der Waals surface area contributed by atoms with E-state index >= 15 is 0 Å². The first-order valence-corrected chi connectivity index (χ1v) is 3.79. The van der Waals surface area contributed by atoms with E-state index in [-0.39, 0.29) is 12.4 Å². The Morgan fingerprint density at radius 3 is 3.00 bits per heavy atom. The standard InChI is InChI=1S/C7H6ClN3.ClH/c8-4-6-2-1-3-7-9-5-10-11(6)7;/h1-3,5H,4H2;1H. The summed E-state index contributed by atoms with van der Waals surface area (Å²) in [5.74, 6) is 0.459. The molecule has 0 saturated carbocycles. The van der Waals surface area contributed by atoms with Crippen molar-refractivity contribution >= 4 is 29.7 Å². The highest BCUT2D eigenvalue weighted by atomic mass is 35.5. The molecule has 2 aromatic heterocycles. The SMILES string of the molecule is Cl.ClCc1cccc2ncnn12. The molecule has 0 radical (unpaired) electrons. The zero-order valence-electron chi connectivity index (χ0n) is 6.14. The van der Waals surface area contributed by atoms with Gasteiger partial charge in [0.15, 0.2) is 5.65 Å². The van der Waals surface area contributed by atoms with Gasteiger partial charge in [-0.2, -0.15) is 5.10 Å². The lowest BCUT2D eigenvalue weighted by atomic mass is 10.4. The molecule has 5 heteroatoms. The van der Waals surface area contributed by atoms with Crippen molar-refractivity contribution in [2.75, 3.05) is 0 Å². The molecule has 0 aliphatic heterocycles. The molecule has 0 fully saturated rings. The molecule has 0 spiro atoms. The van der Waals surface area contributed by atoms with E-state index in [9.17, 15) is 0 Å². The molecule has 0 saturated heterocycles. The van der Waals surface area contributed by atoms with Crippen LogP contribution >= 0.6 is 24.0 Å². The van der Waals surface area contributed by atoms with Crippen molar-refractivity contribution in [3.05, 3.63) is 30.2 Å². The van der Waals surface area contributed by atoms with Crippen LogP contribution in [0.25, 0.3) is 5.65 Å². The highest BCUT2D eigenvalue weighted by molar-refractivity contribution is 6.16. The second-order valence-electron chi connectivity index (χ2n) is 2.18. The molecule has 64 valence electrons. The first-order chi connectivity index (χ1) is 5.42. The summed E-state index contributed by atoms with van der Waals surface area (Å²) in [4.78, 5) is 4.02. The topological polar surface area (TPSA) is 30.2 Å². The van der Waals surface area contributed by atoms with Gasteiger partial charge >= 0.3 is 0 Å². The smallest absolute Gasteiger partial charge is 0.155 e. The fourth-order valence-corrected chi connectivity index (χ4v) is 1.20. The van der Waals surface area contributed by atoms with E-state index in [2.05, 4.69) is 10.1 Å². The molecule has 12 heavy (non-hydrogen) atoms. The maximum absolute atomic E-state index is 5.67. The Bertz CT molecular complexity index is 371. The number of halogens is 2. The van der Waals surface area contributed by atoms with Crippen LogP contribution in [0, 0.1) is 0 Å². The highest BCUT2D eigenvalue weighted by Crippen LogP contribution is 2.05. The molecular weight excluding hydrogens is 197 g/mol. The van der Waals surface area contributed by atoms with E-state index in [1.807, 2.05) is 18.2 Å². The first kappa shape index (κ1) is 9.29. The number of alkyl halides is 1. The second-order valence-corrected chi connectivity index (χ2v) is 2.45. The third-order valence-corrected chi connectivity index (χ3v) is 1.79. The predicted octanol–water partition coefficient (Wildman–Crippen LogP) is 1.89. The Hall–Kier alpha value is -0.800. The van der Waals surface area contributed by atoms with Crippen molar-refractivity contribution in [2.45, 2.75) is 5.88 Å². The summed E-state index contributed by atoms with van der Waals surface area (Å²) in [6.07, 6.45) is 1.52. The molecule has 0 unspecified atom stereocenters. The van der Waals surface area contributed by atoms with E-state index in [1.165, 1.54) is 6.33 Å². The molecule has 0 bridgehead atoms. The largest absolute Gasteiger partial charge is 0.217 e. The second kappa shape index (κ2) is 3.74. The summed E-state index contributed by atoms with van der Waals surface area (Å²) in [5, 5.41) is 4.01. The molecule has 2 heterocycles. The first-order valence-electron chi connectivity index (χ1n) is 3.25. The molecule has 0 atom stereocenters. The number of rotatable bonds is 1. The van der Waals surface area contributed by atoms with Gasteiger partial charge in [0.2, 0.25) is 0 Å². The molecule has 2 rings (SSSR count). The van der Waals surface area contributed by atoms with Crippen molar-refractivity contribution in [1.82, 2.24) is 14.6 Å². The maximum Gasteiger partial charge on any atom is 0.155 e. The van der Waals surface area contributed by atoms with Gasteiger partial charge in [-0.3, -0.25) is 0 Å². The fraction of sp³-hybridized carbons (Fsp3) is 0.143. The zero-order valence-corrected chi connectivity index (χ0v) is 7.72. The van der Waals surface area contributed by atoms with Gasteiger partial charge < -0.3 is 0 Å². The van der Waals surface area contributed by atoms with Crippen molar-refractivity contribution in [3.8, 4) is 0 Å². The quantitative estimate of drug-likeness (QED) is 0.664. The van der Waals surface area contributed by atoms with Crippen LogP contribution in [0.15, 0.2) is 24.5 Å². The van der Waals surface area contributed by atoms with Crippen LogP contribution in [-0.4, -0.2) is 14.6 Å². The van der Waals surface area contributed by atoms with Crippen LogP contribution in [-0.2, 0) is 5.88 Å². The lowest BCUT2D eigenvalue weighted by Crippen LogP contribution is -1.94. The molecule has 0 aliphatic carbocycles. The van der Waals surface area contributed by atoms with Gasteiger partial charge in [0.25, 0.3) is 0 Å². The number of pyridine rings is 1. The van der Waals surface area contributed by atoms with Gasteiger partial charge in [0.1, 0.15) is 6.33 Å². The molecular formula is C7H7Cl2N3. The van der Waals surface area contributed by atoms with Gasteiger partial charge in [-0.05, 0) is 12.1 Å². The molecule has 2 aromatic rings. The molecule has 3 nitrogen and oxygen atoms in total. The van der Waals surface area contributed by atoms with E-state index in [1.54, 1.807) is 4.52 Å². The number of fused-ring (bicyclic) bond motifs is 1. The summed E-state index contributed by atoms with van der Waals surface area (Å²) in [7, 11) is 0. The zero-order chi connectivity index (χ0) is 7.68. The number of hydrogen-bond donors (Lipinski definition) is 0. The Kier molecular flexibility index (Phi) is 2.89. The summed E-state index contributed by atoms with van der Waals surface area (Å²) in [6.45, 7) is 0. The van der Waals surface area contributed by atoms with Crippen LogP contribution in [0.1, 0.15) is 5.69 Å². The lowest BCUT2D eigenvalue weighted by molar-refractivity contribution is 0.905. The lowest BCUT2D eigenvalue weighted by Gasteiger charge is -1.96. The molecule has 0 aliphatic rings. The Labute approximate surface area is 80.8 Å². The Morgan fingerprint density at radius 1 is 1.42 bits per heavy atom. The van der Waals surface area contributed by atoms with Crippen LogP contribution in [0.5, 0.6) is 0 Å². The van der Waals surface area contributed by atoms with Gasteiger partial charge in [0, 0.05) is 0 Å². The van der Waals surface area contributed by atoms with Crippen LogP contribution in [0.2, 0.25) is 0 Å². The van der Waals surface area contributed by atoms with Crippen molar-refractivity contribution in [2.24, 2.45) is 0 Å². The van der Waals surface area contributed by atoms with Gasteiger partial charge in [-0.15, -0.1) is 24.0 Å². The molecule has 0 N–H and O–H groups in total. The van der Waals surface area contributed by atoms with E-state index in [4.69, 9.17) is 11.6 Å². The molecule has 0 amide bonds. The minimum atomic E-state index is 0. The van der Waals surface area contributed by atoms with Crippen LogP contribution in [0.4, 0.5) is 0 Å². The minimum Gasteiger partial charge on any atom is -0.217 e. The van der Waals surface area contributed by atoms with E-state index in [0.29, 0.717) is 5.88 Å². The fourth-order valence-electron chi connectivity index (χ4n) is 1.00. The normalized spacial score (nSPS) is 9.75. The van der Waals surface area contributed by atoms with Gasteiger partial charge in [0.05, 0.1) is 11.6 Å². The monoisotopic (exact) mass is 203 g/mol. The number of nitrogens with zero attached hydrogens (tertiary/aromatic N) is 3. The van der Waals surface area contributed by atoms with E-state index in [0.717, 1.165) is 11.3 Å². The third kappa shape index (κ3) is 1.38. The van der Waals surface area contributed by atoms with Crippen LogP contribution < -0.4 is 0 Å². The molecule has 0 aromatic carbocycles. The third-order valence-electron chi connectivity index (χ3n) is 1.52. The predicted molar refractivity (Wildman–Crippen MR) is 49.8 cm³/mol. The average molecular weight is 204 g/mol. The van der Waals surface area contributed by atoms with Crippen LogP contribution in [0.3, 0.4) is 0 Å². The summed E-state index contributed by atoms with van der Waals surface area (Å²) in [5.41, 5.74) is 1.80. The van der Waals surface area contributed by atoms with Crippen molar-refractivity contribution in [1.29, 1.82) is 0 Å². The average Bonchev–Trinajstić information content (AvgIpc) is 2.50. The minimum absolute atomic E-state index is 0. The number of aromatic nitrogens is 3.